The topological polar surface area (TPSA) is 115 Å². The van der Waals surface area contributed by atoms with Crippen molar-refractivity contribution in [1.29, 1.82) is 0 Å². The van der Waals surface area contributed by atoms with Crippen molar-refractivity contribution in [2.75, 3.05) is 6.61 Å². The molecule has 0 saturated heterocycles. The van der Waals surface area contributed by atoms with Gasteiger partial charge in [-0.2, -0.15) is 0 Å². The number of rotatable bonds is 1. The van der Waals surface area contributed by atoms with Crippen LogP contribution in [0, 0.1) is 28.6 Å². The van der Waals surface area contributed by atoms with Crippen molar-refractivity contribution in [3.63, 3.8) is 0 Å². The smallest absolute Gasteiger partial charge is 0.178 e. The minimum Gasteiger partial charge on any atom is -0.393 e. The average molecular weight is 376 g/mol. The second-order valence-electron chi connectivity index (χ2n) is 9.37. The van der Waals surface area contributed by atoms with E-state index in [9.17, 15) is 30.0 Å². The molecule has 0 amide bonds. The summed E-state index contributed by atoms with van der Waals surface area (Å²) in [5.41, 5.74) is -2.59. The van der Waals surface area contributed by atoms with E-state index in [-0.39, 0.29) is 36.4 Å². The Kier molecular flexibility index (Phi) is 4.10. The lowest BCUT2D eigenvalue weighted by Crippen LogP contribution is -2.69. The lowest BCUT2D eigenvalue weighted by atomic mass is 9.43. The molecule has 27 heavy (non-hydrogen) atoms. The van der Waals surface area contributed by atoms with Gasteiger partial charge >= 0.3 is 0 Å². The van der Waals surface area contributed by atoms with Crippen LogP contribution in [0.2, 0.25) is 0 Å². The minimum absolute atomic E-state index is 0.0133. The normalized spacial score (nSPS) is 51.9. The molecular weight excluding hydrogens is 348 g/mol. The summed E-state index contributed by atoms with van der Waals surface area (Å²) in [6, 6.07) is 0. The number of aliphatic hydroxyl groups is 4. The molecule has 0 aromatic carbocycles. The first-order valence-electron chi connectivity index (χ1n) is 9.76. The molecule has 0 aromatic rings. The number of carbonyl (C=O) groups excluding carboxylic acids is 2. The SMILES string of the molecule is C[C@]12C=CC(=O)C=C1CC[C@@H]1[C@@H]2[C@@H](O)C[C@]2(C)C(=O)[C@@](O)(CO)[C@H](O)C[C@@H]12. The molecule has 4 aliphatic rings. The van der Waals surface area contributed by atoms with E-state index < -0.39 is 41.0 Å². The largest absolute Gasteiger partial charge is 0.393 e. The quantitative estimate of drug-likeness (QED) is 0.531. The summed E-state index contributed by atoms with van der Waals surface area (Å²) in [5.74, 6) is -0.961. The number of fused-ring (bicyclic) bond motifs is 5. The molecular formula is C21H28O6. The van der Waals surface area contributed by atoms with Crippen LogP contribution in [-0.2, 0) is 9.59 Å². The highest BCUT2D eigenvalue weighted by Crippen LogP contribution is 2.63. The fourth-order valence-electron chi connectivity index (χ4n) is 6.63. The molecule has 0 heterocycles. The average Bonchev–Trinajstić information content (AvgIpc) is 2.62. The maximum atomic E-state index is 13.1. The van der Waals surface area contributed by atoms with Crippen LogP contribution in [0.3, 0.4) is 0 Å². The molecule has 4 rings (SSSR count). The van der Waals surface area contributed by atoms with Gasteiger partial charge in [0.05, 0.1) is 18.8 Å². The zero-order valence-electron chi connectivity index (χ0n) is 15.8. The molecule has 0 spiro atoms. The van der Waals surface area contributed by atoms with Crippen LogP contribution in [0.25, 0.3) is 0 Å². The fourth-order valence-corrected chi connectivity index (χ4v) is 6.63. The molecule has 0 bridgehead atoms. The highest BCUT2D eigenvalue weighted by atomic mass is 16.4. The van der Waals surface area contributed by atoms with Gasteiger partial charge in [-0.05, 0) is 49.7 Å². The van der Waals surface area contributed by atoms with Gasteiger partial charge in [-0.15, -0.1) is 0 Å². The van der Waals surface area contributed by atoms with E-state index in [0.717, 1.165) is 12.0 Å². The Labute approximate surface area is 158 Å². The van der Waals surface area contributed by atoms with E-state index in [1.54, 1.807) is 19.1 Å². The predicted octanol–water partition coefficient (Wildman–Crippen LogP) is 0.528. The van der Waals surface area contributed by atoms with Crippen LogP contribution in [0.5, 0.6) is 0 Å². The maximum Gasteiger partial charge on any atom is 0.178 e. The molecule has 4 N–H and O–H groups in total. The van der Waals surface area contributed by atoms with Crippen molar-refractivity contribution < 1.29 is 30.0 Å². The highest BCUT2D eigenvalue weighted by molar-refractivity contribution is 6.01. The van der Waals surface area contributed by atoms with Gasteiger partial charge in [-0.25, -0.2) is 0 Å². The summed E-state index contributed by atoms with van der Waals surface area (Å²) in [7, 11) is 0. The summed E-state index contributed by atoms with van der Waals surface area (Å²) in [6.07, 6.45) is 4.84. The van der Waals surface area contributed by atoms with Gasteiger partial charge in [0.15, 0.2) is 17.2 Å². The van der Waals surface area contributed by atoms with Crippen molar-refractivity contribution in [3.8, 4) is 0 Å². The number of aliphatic hydroxyl groups excluding tert-OH is 3. The first-order valence-corrected chi connectivity index (χ1v) is 9.76. The Morgan fingerprint density at radius 2 is 1.93 bits per heavy atom. The Bertz CT molecular complexity index is 756. The monoisotopic (exact) mass is 376 g/mol. The van der Waals surface area contributed by atoms with E-state index in [1.807, 2.05) is 13.0 Å². The van der Waals surface area contributed by atoms with Gasteiger partial charge < -0.3 is 20.4 Å². The van der Waals surface area contributed by atoms with Gasteiger partial charge in [0.2, 0.25) is 0 Å². The molecule has 0 aromatic heterocycles. The third kappa shape index (κ3) is 2.33. The van der Waals surface area contributed by atoms with Gasteiger partial charge in [0.25, 0.3) is 0 Å². The number of hydrogen-bond acceptors (Lipinski definition) is 6. The fraction of sp³-hybridized carbons (Fsp3) is 0.714. The van der Waals surface area contributed by atoms with Gasteiger partial charge in [-0.3, -0.25) is 9.59 Å². The molecule has 6 nitrogen and oxygen atoms in total. The number of carbonyl (C=O) groups is 2. The molecule has 8 atom stereocenters. The van der Waals surface area contributed by atoms with E-state index in [4.69, 9.17) is 0 Å². The number of allylic oxidation sites excluding steroid dienone is 4. The minimum atomic E-state index is -2.17. The summed E-state index contributed by atoms with van der Waals surface area (Å²) in [5, 5.41) is 41.7. The van der Waals surface area contributed by atoms with Crippen LogP contribution in [0.1, 0.15) is 39.5 Å². The van der Waals surface area contributed by atoms with Crippen molar-refractivity contribution in [1.82, 2.24) is 0 Å². The standard InChI is InChI=1S/C21H28O6/c1-19-6-5-12(23)7-11(19)3-4-13-14-8-16(25)21(27,10-22)18(26)20(14,2)9-15(24)17(13)19/h5-7,13-17,22,24-25,27H,3-4,8-10H2,1-2H3/t13-,14-,15-,16+,17+,19-,20-,21+/m0/s1. The third-order valence-corrected chi connectivity index (χ3v) is 8.07. The van der Waals surface area contributed by atoms with Crippen molar-refractivity contribution in [2.45, 2.75) is 57.3 Å². The van der Waals surface area contributed by atoms with Crippen LogP contribution >= 0.6 is 0 Å². The second-order valence-corrected chi connectivity index (χ2v) is 9.37. The Morgan fingerprint density at radius 1 is 1.22 bits per heavy atom. The predicted molar refractivity (Wildman–Crippen MR) is 96.4 cm³/mol. The highest BCUT2D eigenvalue weighted by Gasteiger charge is 2.66. The molecule has 148 valence electrons. The number of ketones is 2. The number of Topliss-reactive ketones (excluding diaryl/α,β-unsaturated/α-hetero) is 1. The van der Waals surface area contributed by atoms with Crippen LogP contribution in [-0.4, -0.2) is 56.4 Å². The van der Waals surface area contributed by atoms with E-state index in [1.165, 1.54) is 0 Å². The van der Waals surface area contributed by atoms with Crippen LogP contribution in [0.4, 0.5) is 0 Å². The molecule has 3 saturated carbocycles. The lowest BCUT2D eigenvalue weighted by molar-refractivity contribution is -0.209. The Hall–Kier alpha value is -1.34. The second kappa shape index (κ2) is 5.83. The molecule has 0 radical (unpaired) electrons. The summed E-state index contributed by atoms with van der Waals surface area (Å²) >= 11 is 0. The first-order chi connectivity index (χ1) is 12.6. The molecule has 3 fully saturated rings. The third-order valence-electron chi connectivity index (χ3n) is 8.07. The van der Waals surface area contributed by atoms with E-state index in [0.29, 0.717) is 6.42 Å². The summed E-state index contributed by atoms with van der Waals surface area (Å²) < 4.78 is 0. The zero-order valence-corrected chi connectivity index (χ0v) is 15.8. The van der Waals surface area contributed by atoms with Crippen molar-refractivity contribution in [2.24, 2.45) is 28.6 Å². The molecule has 4 aliphatic carbocycles. The van der Waals surface area contributed by atoms with Gasteiger partial charge in [0.1, 0.15) is 0 Å². The first kappa shape index (κ1) is 19.0. The Morgan fingerprint density at radius 3 is 2.59 bits per heavy atom. The lowest BCUT2D eigenvalue weighted by Gasteiger charge is -2.62. The number of hydrogen-bond donors (Lipinski definition) is 4. The van der Waals surface area contributed by atoms with E-state index in [2.05, 4.69) is 0 Å². The van der Waals surface area contributed by atoms with Crippen molar-refractivity contribution >= 4 is 11.6 Å². The summed E-state index contributed by atoms with van der Waals surface area (Å²) in [4.78, 5) is 24.9. The maximum absolute atomic E-state index is 13.1. The zero-order chi connectivity index (χ0) is 19.8. The van der Waals surface area contributed by atoms with Crippen LogP contribution in [0.15, 0.2) is 23.8 Å². The van der Waals surface area contributed by atoms with Crippen LogP contribution < -0.4 is 0 Å². The van der Waals surface area contributed by atoms with Gasteiger partial charge in [0, 0.05) is 16.7 Å². The molecule has 0 aliphatic heterocycles. The molecule has 0 unspecified atom stereocenters. The summed E-state index contributed by atoms with van der Waals surface area (Å²) in [6.45, 7) is 2.96. The van der Waals surface area contributed by atoms with Crippen molar-refractivity contribution in [3.05, 3.63) is 23.8 Å². The Balaban J connectivity index is 1.76. The van der Waals surface area contributed by atoms with Gasteiger partial charge in [-0.1, -0.05) is 25.5 Å². The molecule has 6 heteroatoms. The van der Waals surface area contributed by atoms with E-state index >= 15 is 0 Å².